The second kappa shape index (κ2) is 7.57. The average molecular weight is 366 g/mol. The first-order chi connectivity index (χ1) is 12.4. The number of nitro groups is 1. The molecule has 1 N–H and O–H groups in total. The number of carbonyl (C=O) groups is 1. The SMILES string of the molecule is CCOC(=O)c1cc([N+](=O)[O-])cc(F)c1NC1CCOC2(CCCC2)C1. The highest BCUT2D eigenvalue weighted by molar-refractivity contribution is 5.96. The second-order valence-corrected chi connectivity index (χ2v) is 6.90. The van der Waals surface area contributed by atoms with Gasteiger partial charge in [0.2, 0.25) is 0 Å². The maximum absolute atomic E-state index is 14.6. The molecule has 2 aliphatic rings. The summed E-state index contributed by atoms with van der Waals surface area (Å²) in [5, 5.41) is 14.1. The molecule has 26 heavy (non-hydrogen) atoms. The molecule has 0 radical (unpaired) electrons. The Kier molecular flexibility index (Phi) is 5.41. The zero-order chi connectivity index (χ0) is 18.7. The Morgan fingerprint density at radius 2 is 2.19 bits per heavy atom. The van der Waals surface area contributed by atoms with Gasteiger partial charge in [0.1, 0.15) is 0 Å². The fourth-order valence-electron chi connectivity index (χ4n) is 3.94. The van der Waals surface area contributed by atoms with Gasteiger partial charge in [-0.05, 0) is 32.6 Å². The molecule has 0 bridgehead atoms. The van der Waals surface area contributed by atoms with Gasteiger partial charge in [0, 0.05) is 18.7 Å². The molecule has 1 aliphatic heterocycles. The van der Waals surface area contributed by atoms with Crippen LogP contribution >= 0.6 is 0 Å². The van der Waals surface area contributed by atoms with Crippen molar-refractivity contribution < 1.29 is 23.6 Å². The maximum atomic E-state index is 14.6. The van der Waals surface area contributed by atoms with Gasteiger partial charge in [-0.3, -0.25) is 10.1 Å². The Labute approximate surface area is 151 Å². The monoisotopic (exact) mass is 366 g/mol. The van der Waals surface area contributed by atoms with Crippen LogP contribution in [0.15, 0.2) is 12.1 Å². The Balaban J connectivity index is 1.88. The van der Waals surface area contributed by atoms with Crippen molar-refractivity contribution in [1.29, 1.82) is 0 Å². The minimum absolute atomic E-state index is 0.0332. The van der Waals surface area contributed by atoms with Crippen LogP contribution < -0.4 is 5.32 Å². The van der Waals surface area contributed by atoms with Gasteiger partial charge in [0.15, 0.2) is 5.82 Å². The van der Waals surface area contributed by atoms with Crippen LogP contribution in [0.3, 0.4) is 0 Å². The molecular weight excluding hydrogens is 343 g/mol. The average Bonchev–Trinajstić information content (AvgIpc) is 3.04. The standard InChI is InChI=1S/C18H23FN2O5/c1-2-25-17(22)14-9-13(21(23)24)10-15(19)16(14)20-12-5-8-26-18(11-12)6-3-4-7-18/h9-10,12,20H,2-8,11H2,1H3. The number of nitrogens with zero attached hydrogens (tertiary/aromatic N) is 1. The summed E-state index contributed by atoms with van der Waals surface area (Å²) in [7, 11) is 0. The van der Waals surface area contributed by atoms with E-state index >= 15 is 0 Å². The quantitative estimate of drug-likeness (QED) is 0.484. The van der Waals surface area contributed by atoms with Crippen LogP contribution in [-0.2, 0) is 9.47 Å². The summed E-state index contributed by atoms with van der Waals surface area (Å²) >= 11 is 0. The maximum Gasteiger partial charge on any atom is 0.340 e. The van der Waals surface area contributed by atoms with Crippen molar-refractivity contribution in [1.82, 2.24) is 0 Å². The van der Waals surface area contributed by atoms with Crippen LogP contribution in [-0.4, -0.2) is 35.7 Å². The van der Waals surface area contributed by atoms with Crippen LogP contribution in [0.1, 0.15) is 55.8 Å². The highest BCUT2D eigenvalue weighted by Gasteiger charge is 2.40. The van der Waals surface area contributed by atoms with Crippen LogP contribution in [0.2, 0.25) is 0 Å². The van der Waals surface area contributed by atoms with Crippen molar-refractivity contribution in [3.05, 3.63) is 33.6 Å². The number of benzene rings is 1. The fraction of sp³-hybridized carbons (Fsp3) is 0.611. The predicted molar refractivity (Wildman–Crippen MR) is 92.8 cm³/mol. The molecule has 1 aromatic carbocycles. The largest absolute Gasteiger partial charge is 0.462 e. The Morgan fingerprint density at radius 1 is 1.46 bits per heavy atom. The molecule has 1 heterocycles. The van der Waals surface area contributed by atoms with E-state index in [1.165, 1.54) is 0 Å². The molecule has 1 spiro atoms. The van der Waals surface area contributed by atoms with Crippen molar-refractivity contribution in [3.8, 4) is 0 Å². The first-order valence-electron chi connectivity index (χ1n) is 9.00. The zero-order valence-electron chi connectivity index (χ0n) is 14.8. The van der Waals surface area contributed by atoms with E-state index in [1.54, 1.807) is 6.92 Å². The van der Waals surface area contributed by atoms with Gasteiger partial charge in [-0.2, -0.15) is 0 Å². The van der Waals surface area contributed by atoms with Gasteiger partial charge >= 0.3 is 5.97 Å². The summed E-state index contributed by atoms with van der Waals surface area (Å²) in [5.41, 5.74) is -0.827. The van der Waals surface area contributed by atoms with E-state index < -0.39 is 22.4 Å². The van der Waals surface area contributed by atoms with E-state index in [-0.39, 0.29) is 29.5 Å². The van der Waals surface area contributed by atoms with Crippen LogP contribution in [0, 0.1) is 15.9 Å². The number of anilines is 1. The first-order valence-corrected chi connectivity index (χ1v) is 9.00. The molecule has 1 atom stereocenters. The van der Waals surface area contributed by atoms with E-state index in [1.807, 2.05) is 0 Å². The van der Waals surface area contributed by atoms with Crippen LogP contribution in [0.5, 0.6) is 0 Å². The Hall–Kier alpha value is -2.22. The number of esters is 1. The number of hydrogen-bond donors (Lipinski definition) is 1. The molecule has 0 aromatic heterocycles. The van der Waals surface area contributed by atoms with Crippen LogP contribution in [0.25, 0.3) is 0 Å². The Bertz CT molecular complexity index is 703. The predicted octanol–water partition coefficient (Wildman–Crippen LogP) is 3.81. The molecule has 0 amide bonds. The molecule has 1 saturated carbocycles. The van der Waals surface area contributed by atoms with Crippen molar-refractivity contribution in [3.63, 3.8) is 0 Å². The lowest BCUT2D eigenvalue weighted by molar-refractivity contribution is -0.385. The summed E-state index contributed by atoms with van der Waals surface area (Å²) in [6, 6.07) is 1.83. The highest BCUT2D eigenvalue weighted by atomic mass is 19.1. The number of nitro benzene ring substituents is 1. The Morgan fingerprint density at radius 3 is 2.85 bits per heavy atom. The number of nitrogens with one attached hydrogen (secondary N) is 1. The van der Waals surface area contributed by atoms with Crippen molar-refractivity contribution in [2.45, 2.75) is 57.1 Å². The summed E-state index contributed by atoms with van der Waals surface area (Å²) in [4.78, 5) is 22.5. The summed E-state index contributed by atoms with van der Waals surface area (Å²) in [6.45, 7) is 2.30. The van der Waals surface area contributed by atoms with Crippen molar-refractivity contribution in [2.75, 3.05) is 18.5 Å². The van der Waals surface area contributed by atoms with Gasteiger partial charge in [0.25, 0.3) is 5.69 Å². The normalized spacial score (nSPS) is 21.5. The molecule has 1 aromatic rings. The number of halogens is 1. The number of non-ortho nitro benzene ring substituents is 1. The van der Waals surface area contributed by atoms with E-state index in [2.05, 4.69) is 5.32 Å². The number of carbonyl (C=O) groups excluding carboxylic acids is 1. The third-order valence-electron chi connectivity index (χ3n) is 5.14. The number of ether oxygens (including phenoxy) is 2. The molecule has 3 rings (SSSR count). The molecule has 2 fully saturated rings. The molecule has 1 unspecified atom stereocenters. The van der Waals surface area contributed by atoms with Crippen molar-refractivity contribution >= 4 is 17.3 Å². The number of hydrogen-bond acceptors (Lipinski definition) is 6. The smallest absolute Gasteiger partial charge is 0.340 e. The highest BCUT2D eigenvalue weighted by Crippen LogP contribution is 2.41. The lowest BCUT2D eigenvalue weighted by Crippen LogP contribution is -2.42. The van der Waals surface area contributed by atoms with E-state index in [0.717, 1.165) is 44.2 Å². The fourth-order valence-corrected chi connectivity index (χ4v) is 3.94. The van der Waals surface area contributed by atoms with E-state index in [4.69, 9.17) is 9.47 Å². The van der Waals surface area contributed by atoms with Crippen molar-refractivity contribution in [2.24, 2.45) is 0 Å². The third-order valence-corrected chi connectivity index (χ3v) is 5.14. The van der Waals surface area contributed by atoms with Gasteiger partial charge in [-0.25, -0.2) is 9.18 Å². The van der Waals surface area contributed by atoms with Gasteiger partial charge < -0.3 is 14.8 Å². The zero-order valence-corrected chi connectivity index (χ0v) is 14.8. The minimum Gasteiger partial charge on any atom is -0.462 e. The minimum atomic E-state index is -0.825. The third kappa shape index (κ3) is 3.80. The lowest BCUT2D eigenvalue weighted by Gasteiger charge is -2.39. The van der Waals surface area contributed by atoms with Crippen LogP contribution in [0.4, 0.5) is 15.8 Å². The summed E-state index contributed by atoms with van der Waals surface area (Å²) in [5.74, 6) is -1.60. The molecule has 142 valence electrons. The number of rotatable bonds is 5. The van der Waals surface area contributed by atoms with E-state index in [9.17, 15) is 19.3 Å². The molecule has 1 aliphatic carbocycles. The van der Waals surface area contributed by atoms with Gasteiger partial charge in [-0.15, -0.1) is 0 Å². The second-order valence-electron chi connectivity index (χ2n) is 6.90. The summed E-state index contributed by atoms with van der Waals surface area (Å²) < 4.78 is 25.5. The molecule has 8 heteroatoms. The topological polar surface area (TPSA) is 90.7 Å². The van der Waals surface area contributed by atoms with Gasteiger partial charge in [0.05, 0.1) is 34.4 Å². The lowest BCUT2D eigenvalue weighted by atomic mass is 9.88. The molecular formula is C18H23FN2O5. The van der Waals surface area contributed by atoms with Gasteiger partial charge in [-0.1, -0.05) is 12.8 Å². The molecule has 1 saturated heterocycles. The van der Waals surface area contributed by atoms with E-state index in [0.29, 0.717) is 13.0 Å². The summed E-state index contributed by atoms with van der Waals surface area (Å²) in [6.07, 6.45) is 5.61. The first kappa shape index (κ1) is 18.6. The molecule has 7 nitrogen and oxygen atoms in total.